The average molecular weight is 728 g/mol. The molecule has 10 heteroatoms. The van der Waals surface area contributed by atoms with E-state index in [-0.39, 0.29) is 17.8 Å². The van der Waals surface area contributed by atoms with Crippen LogP contribution >= 0.6 is 45.8 Å². The van der Waals surface area contributed by atoms with Crippen molar-refractivity contribution < 1.29 is 33.6 Å². The van der Waals surface area contributed by atoms with E-state index in [4.69, 9.17) is 52.0 Å². The van der Waals surface area contributed by atoms with Gasteiger partial charge in [-0.25, -0.2) is 4.79 Å². The predicted octanol–water partition coefficient (Wildman–Crippen LogP) is 9.71. The predicted molar refractivity (Wildman–Crippen MR) is 175 cm³/mol. The molecule has 232 valence electrons. The number of ether oxygens (including phenoxy) is 5. The van der Waals surface area contributed by atoms with Gasteiger partial charge in [0.05, 0.1) is 31.0 Å². The minimum atomic E-state index is -1.04. The van der Waals surface area contributed by atoms with E-state index in [1.807, 2.05) is 39.8 Å². The maximum Gasteiger partial charge on any atom is 0.335 e. The van der Waals surface area contributed by atoms with Gasteiger partial charge in [0.25, 0.3) is 0 Å². The lowest BCUT2D eigenvalue weighted by atomic mass is 10.2. The molecule has 1 fully saturated rings. The molecule has 0 aromatic heterocycles. The minimum absolute atomic E-state index is 0.0102. The summed E-state index contributed by atoms with van der Waals surface area (Å²) in [4.78, 5) is 11.1. The van der Waals surface area contributed by atoms with E-state index in [2.05, 4.69) is 36.4 Å². The number of benzene rings is 2. The third kappa shape index (κ3) is 13.5. The molecule has 0 amide bonds. The van der Waals surface area contributed by atoms with Crippen molar-refractivity contribution in [1.82, 2.24) is 0 Å². The zero-order valence-corrected chi connectivity index (χ0v) is 28.7. The van der Waals surface area contributed by atoms with Gasteiger partial charge in [-0.3, -0.25) is 0 Å². The summed E-state index contributed by atoms with van der Waals surface area (Å²) in [5, 5.41) is 9.97. The monoisotopic (exact) mass is 726 g/mol. The lowest BCUT2D eigenvalue weighted by Crippen LogP contribution is -2.14. The summed E-state index contributed by atoms with van der Waals surface area (Å²) in [5.74, 6) is 1.08. The summed E-state index contributed by atoms with van der Waals surface area (Å²) in [6.07, 6.45) is 6.38. The number of aromatic carboxylic acids is 1. The molecule has 0 unspecified atom stereocenters. The summed E-state index contributed by atoms with van der Waals surface area (Å²) in [6.45, 7) is 15.0. The highest BCUT2D eigenvalue weighted by molar-refractivity contribution is 14.1. The van der Waals surface area contributed by atoms with Crippen LogP contribution in [0.1, 0.15) is 90.4 Å². The third-order valence-electron chi connectivity index (χ3n) is 6.06. The Morgan fingerprint density at radius 2 is 1.17 bits per heavy atom. The van der Waals surface area contributed by atoms with Crippen molar-refractivity contribution in [3.05, 3.63) is 43.4 Å². The van der Waals surface area contributed by atoms with Gasteiger partial charge in [0.15, 0.2) is 0 Å². The average Bonchev–Trinajstić information content (AvgIpc) is 3.55. The van der Waals surface area contributed by atoms with Crippen LogP contribution < -0.4 is 18.9 Å². The van der Waals surface area contributed by atoms with E-state index in [9.17, 15) is 4.79 Å². The van der Waals surface area contributed by atoms with Crippen LogP contribution in [-0.4, -0.2) is 49.7 Å². The highest BCUT2D eigenvalue weighted by atomic mass is 127. The molecule has 2 aromatic rings. The quantitative estimate of drug-likeness (QED) is 0.206. The molecule has 0 aliphatic carbocycles. The van der Waals surface area contributed by atoms with Crippen LogP contribution in [0.2, 0.25) is 10.0 Å². The second-order valence-electron chi connectivity index (χ2n) is 9.11. The molecule has 1 aliphatic heterocycles. The van der Waals surface area contributed by atoms with Crippen molar-refractivity contribution in [3.8, 4) is 23.0 Å². The summed E-state index contributed by atoms with van der Waals surface area (Å²) in [5.41, 5.74) is 0.105. The van der Waals surface area contributed by atoms with Crippen molar-refractivity contribution in [3.63, 3.8) is 0 Å². The Labute approximate surface area is 269 Å². The Hall–Kier alpha value is -1.62. The Bertz CT molecular complexity index is 1030. The van der Waals surface area contributed by atoms with Crippen molar-refractivity contribution in [2.75, 3.05) is 26.4 Å². The molecule has 1 heterocycles. The van der Waals surface area contributed by atoms with Gasteiger partial charge in [0.1, 0.15) is 33.0 Å². The van der Waals surface area contributed by atoms with Crippen molar-refractivity contribution in [2.45, 2.75) is 92.3 Å². The van der Waals surface area contributed by atoms with Crippen LogP contribution in [0.3, 0.4) is 0 Å². The fourth-order valence-electron chi connectivity index (χ4n) is 3.71. The summed E-state index contributed by atoms with van der Waals surface area (Å²) in [7, 11) is 0. The van der Waals surface area contributed by atoms with Crippen molar-refractivity contribution in [1.29, 1.82) is 0 Å². The number of halogens is 3. The largest absolute Gasteiger partial charge is 0.492 e. The highest BCUT2D eigenvalue weighted by Gasteiger charge is 2.17. The van der Waals surface area contributed by atoms with Crippen LogP contribution in [0.5, 0.6) is 23.0 Å². The standard InChI is InChI=1S/C14H19ClO4.C13H18ClIO2.C4H8O/c1-4-10(5-2)19-12-8-9(14(16)17)7-11(13(12)15)18-6-3;1-4-10(5-2)17-12-8-9(15)7-11(13(12)14)16-6-3;1-2-4-5-3-1/h7-8,10H,4-6H2,1-3H3,(H,16,17);7-8,10H,4-6H2,1-3H3;1-4H2. The molecule has 0 radical (unpaired) electrons. The number of hydrogen-bond acceptors (Lipinski definition) is 6. The Kier molecular flexibility index (Phi) is 19.3. The number of hydrogen-bond donors (Lipinski definition) is 1. The van der Waals surface area contributed by atoms with E-state index in [1.165, 1.54) is 25.0 Å². The second kappa shape index (κ2) is 21.1. The molecule has 2 aromatic carbocycles. The first kappa shape index (κ1) is 37.4. The first-order chi connectivity index (χ1) is 19.6. The SMILES string of the molecule is C1CCOC1.CCOc1cc(C(=O)O)cc(OC(CC)CC)c1Cl.CCOc1cc(I)cc(OC(CC)CC)c1Cl. The molecule has 1 N–H and O–H groups in total. The van der Waals surface area contributed by atoms with Gasteiger partial charge in [-0.2, -0.15) is 0 Å². The summed E-state index contributed by atoms with van der Waals surface area (Å²) < 4.78 is 28.5. The molecule has 7 nitrogen and oxygen atoms in total. The lowest BCUT2D eigenvalue weighted by molar-refractivity contribution is 0.0695. The molecular formula is C31H45Cl2IO7. The number of carboxylic acids is 1. The summed E-state index contributed by atoms with van der Waals surface area (Å²) in [6, 6.07) is 6.72. The van der Waals surface area contributed by atoms with Gasteiger partial charge < -0.3 is 28.8 Å². The first-order valence-electron chi connectivity index (χ1n) is 14.4. The zero-order chi connectivity index (χ0) is 30.8. The Balaban J connectivity index is 0.000000351. The van der Waals surface area contributed by atoms with E-state index >= 15 is 0 Å². The molecule has 0 atom stereocenters. The fourth-order valence-corrected chi connectivity index (χ4v) is 4.69. The number of carbonyl (C=O) groups is 1. The van der Waals surface area contributed by atoms with Crippen LogP contribution in [0.25, 0.3) is 0 Å². The second-order valence-corrected chi connectivity index (χ2v) is 11.1. The van der Waals surface area contributed by atoms with Gasteiger partial charge in [0, 0.05) is 16.8 Å². The van der Waals surface area contributed by atoms with Crippen LogP contribution in [-0.2, 0) is 4.74 Å². The van der Waals surface area contributed by atoms with Crippen LogP contribution in [0, 0.1) is 3.57 Å². The van der Waals surface area contributed by atoms with Gasteiger partial charge in [0.2, 0.25) is 0 Å². The minimum Gasteiger partial charge on any atom is -0.492 e. The molecule has 0 spiro atoms. The molecule has 0 bridgehead atoms. The van der Waals surface area contributed by atoms with Crippen LogP contribution in [0.4, 0.5) is 0 Å². The molecular weight excluding hydrogens is 682 g/mol. The van der Waals surface area contributed by atoms with Gasteiger partial charge in [-0.05, 0) is 99.2 Å². The maximum absolute atomic E-state index is 11.1. The molecule has 0 saturated carbocycles. The lowest BCUT2D eigenvalue weighted by Gasteiger charge is -2.18. The van der Waals surface area contributed by atoms with Gasteiger partial charge in [-0.1, -0.05) is 50.9 Å². The molecule has 1 saturated heterocycles. The Morgan fingerprint density at radius 3 is 1.54 bits per heavy atom. The molecule has 41 heavy (non-hydrogen) atoms. The first-order valence-corrected chi connectivity index (χ1v) is 16.2. The third-order valence-corrected chi connectivity index (χ3v) is 7.43. The fraction of sp³-hybridized carbons (Fsp3) is 0.581. The van der Waals surface area contributed by atoms with E-state index in [0.717, 1.165) is 48.2 Å². The number of rotatable bonds is 13. The van der Waals surface area contributed by atoms with Crippen molar-refractivity contribution in [2.24, 2.45) is 0 Å². The highest BCUT2D eigenvalue weighted by Crippen LogP contribution is 2.38. The van der Waals surface area contributed by atoms with E-state index in [1.54, 1.807) is 0 Å². The van der Waals surface area contributed by atoms with E-state index < -0.39 is 5.97 Å². The Morgan fingerprint density at radius 1 is 0.780 bits per heavy atom. The molecule has 1 aliphatic rings. The number of carboxylic acid groups (broad SMARTS) is 1. The van der Waals surface area contributed by atoms with Gasteiger partial charge in [-0.15, -0.1) is 0 Å². The molecule has 3 rings (SSSR count). The smallest absolute Gasteiger partial charge is 0.335 e. The van der Waals surface area contributed by atoms with Gasteiger partial charge >= 0.3 is 5.97 Å². The summed E-state index contributed by atoms with van der Waals surface area (Å²) >= 11 is 14.7. The maximum atomic E-state index is 11.1. The van der Waals surface area contributed by atoms with Crippen molar-refractivity contribution >= 4 is 51.8 Å². The van der Waals surface area contributed by atoms with Crippen LogP contribution in [0.15, 0.2) is 24.3 Å². The van der Waals surface area contributed by atoms with E-state index in [0.29, 0.717) is 40.5 Å². The zero-order valence-electron chi connectivity index (χ0n) is 25.1. The normalized spacial score (nSPS) is 12.3. The topological polar surface area (TPSA) is 83.5 Å².